The van der Waals surface area contributed by atoms with E-state index in [0.29, 0.717) is 5.69 Å². The molecule has 1 N–H and O–H groups in total. The number of likely N-dealkylation sites (N-methyl/N-ethyl adjacent to an activating group) is 1. The molecule has 2 aliphatic rings. The first kappa shape index (κ1) is 25.0. The Hall–Kier alpha value is -4.64. The molecule has 8 nitrogen and oxygen atoms in total. The molecule has 1 spiro atoms. The van der Waals surface area contributed by atoms with Gasteiger partial charge in [0.2, 0.25) is 11.8 Å². The van der Waals surface area contributed by atoms with Crippen molar-refractivity contribution in [3.63, 3.8) is 0 Å². The molecule has 192 valence electrons. The van der Waals surface area contributed by atoms with Crippen molar-refractivity contribution in [3.05, 3.63) is 102 Å². The number of fused-ring (bicyclic) bond motifs is 2. The average molecular weight is 509 g/mol. The number of nitrogens with zero attached hydrogens (tertiary/aromatic N) is 3. The van der Waals surface area contributed by atoms with Crippen LogP contribution in [0.2, 0.25) is 0 Å². The summed E-state index contributed by atoms with van der Waals surface area (Å²) < 4.78 is 5.52. The number of benzene rings is 3. The normalized spacial score (nSPS) is 20.4. The summed E-state index contributed by atoms with van der Waals surface area (Å²) in [7, 11) is 1.53. The van der Waals surface area contributed by atoms with Gasteiger partial charge in [0.25, 0.3) is 0 Å². The number of hydrogen-bond donors (Lipinski definition) is 1. The number of para-hydroxylation sites is 1. The molecular formula is C30H28N4O4. The molecule has 1 saturated heterocycles. The van der Waals surface area contributed by atoms with E-state index in [0.717, 1.165) is 16.7 Å². The van der Waals surface area contributed by atoms with E-state index < -0.39 is 29.5 Å². The zero-order valence-electron chi connectivity index (χ0n) is 21.0. The second-order valence-electron chi connectivity index (χ2n) is 9.75. The van der Waals surface area contributed by atoms with Gasteiger partial charge in [-0.3, -0.25) is 14.5 Å². The molecule has 5 rings (SSSR count). The highest BCUT2D eigenvalue weighted by Gasteiger charge is 2.56. The van der Waals surface area contributed by atoms with Crippen LogP contribution in [0.15, 0.2) is 84.9 Å². The number of ether oxygens (including phenoxy) is 1. The van der Waals surface area contributed by atoms with Gasteiger partial charge in [-0.05, 0) is 22.8 Å². The molecule has 0 bridgehead atoms. The molecule has 2 aliphatic heterocycles. The maximum absolute atomic E-state index is 14.1. The lowest BCUT2D eigenvalue weighted by molar-refractivity contribution is -0.136. The van der Waals surface area contributed by atoms with Gasteiger partial charge in [0, 0.05) is 32.1 Å². The van der Waals surface area contributed by atoms with Crippen LogP contribution < -0.4 is 5.32 Å². The van der Waals surface area contributed by atoms with E-state index in [2.05, 4.69) is 11.4 Å². The number of nitrogens with one attached hydrogen (secondary N) is 1. The SMILES string of the molecule is CN(C(=O)OCc1ccccc1)C(Cc1ccccc1)C(=O)N1C[C@]2(C[C@H]1C#N)C(=O)Nc1ccccc12. The van der Waals surface area contributed by atoms with Crippen LogP contribution in [0.5, 0.6) is 0 Å². The summed E-state index contributed by atoms with van der Waals surface area (Å²) in [6.07, 6.45) is -0.214. The third-order valence-electron chi connectivity index (χ3n) is 7.43. The molecule has 3 aromatic rings. The predicted octanol–water partition coefficient (Wildman–Crippen LogP) is 3.88. The van der Waals surface area contributed by atoms with E-state index >= 15 is 0 Å². The minimum absolute atomic E-state index is 0.0606. The lowest BCUT2D eigenvalue weighted by Crippen LogP contribution is -2.52. The molecule has 38 heavy (non-hydrogen) atoms. The van der Waals surface area contributed by atoms with Crippen molar-refractivity contribution in [2.24, 2.45) is 0 Å². The van der Waals surface area contributed by atoms with Crippen LogP contribution in [0.4, 0.5) is 10.5 Å². The van der Waals surface area contributed by atoms with E-state index in [1.165, 1.54) is 16.8 Å². The molecule has 1 fully saturated rings. The lowest BCUT2D eigenvalue weighted by atomic mass is 9.80. The Bertz CT molecular complexity index is 1390. The van der Waals surface area contributed by atoms with E-state index in [4.69, 9.17) is 4.74 Å². The van der Waals surface area contributed by atoms with Crippen molar-refractivity contribution in [3.8, 4) is 6.07 Å². The van der Waals surface area contributed by atoms with Crippen LogP contribution in [-0.4, -0.2) is 53.4 Å². The van der Waals surface area contributed by atoms with E-state index in [1.807, 2.05) is 84.9 Å². The van der Waals surface area contributed by atoms with Gasteiger partial charge in [0.15, 0.2) is 0 Å². The molecule has 3 atom stereocenters. The van der Waals surface area contributed by atoms with Crippen LogP contribution in [0, 0.1) is 11.3 Å². The first-order valence-corrected chi connectivity index (χ1v) is 12.5. The molecule has 3 amide bonds. The third kappa shape index (κ3) is 4.59. The molecule has 1 unspecified atom stereocenters. The van der Waals surface area contributed by atoms with Crippen molar-refractivity contribution >= 4 is 23.6 Å². The number of carbonyl (C=O) groups excluding carboxylic acids is 3. The van der Waals surface area contributed by atoms with Gasteiger partial charge < -0.3 is 15.0 Å². The predicted molar refractivity (Wildman–Crippen MR) is 141 cm³/mol. The smallest absolute Gasteiger partial charge is 0.410 e. The minimum Gasteiger partial charge on any atom is -0.445 e. The molecular weight excluding hydrogens is 480 g/mol. The van der Waals surface area contributed by atoms with E-state index in [9.17, 15) is 19.6 Å². The van der Waals surface area contributed by atoms with Crippen LogP contribution >= 0.6 is 0 Å². The lowest BCUT2D eigenvalue weighted by Gasteiger charge is -2.32. The van der Waals surface area contributed by atoms with Crippen molar-refractivity contribution < 1.29 is 19.1 Å². The number of likely N-dealkylation sites (tertiary alicyclic amines) is 1. The van der Waals surface area contributed by atoms with E-state index in [-0.39, 0.29) is 31.9 Å². The fourth-order valence-electron chi connectivity index (χ4n) is 5.35. The minimum atomic E-state index is -1.00. The van der Waals surface area contributed by atoms with Gasteiger partial charge in [0.1, 0.15) is 18.7 Å². The first-order valence-electron chi connectivity index (χ1n) is 12.5. The number of nitriles is 1. The Balaban J connectivity index is 1.42. The van der Waals surface area contributed by atoms with Gasteiger partial charge in [-0.15, -0.1) is 0 Å². The molecule has 0 aliphatic carbocycles. The standard InChI is InChI=1S/C30H28N4O4/c1-33(29(37)38-19-22-12-6-3-7-13-22)26(16-21-10-4-2-5-11-21)27(35)34-20-30(17-23(34)18-31)24-14-8-9-15-25(24)32-28(30)36/h2-15,23,26H,16-17,19-20H2,1H3,(H,32,36)/t23-,26?,30-/m0/s1. The first-order chi connectivity index (χ1) is 18.4. The largest absolute Gasteiger partial charge is 0.445 e. The van der Waals surface area contributed by atoms with E-state index in [1.54, 1.807) is 0 Å². The van der Waals surface area contributed by atoms with Gasteiger partial charge in [-0.1, -0.05) is 78.9 Å². The molecule has 0 aromatic heterocycles. The summed E-state index contributed by atoms with van der Waals surface area (Å²) in [6.45, 7) is 0.131. The molecule has 8 heteroatoms. The number of anilines is 1. The quantitative estimate of drug-likeness (QED) is 0.544. The topological polar surface area (TPSA) is 103 Å². The van der Waals surface area contributed by atoms with Crippen molar-refractivity contribution in [2.45, 2.75) is 36.9 Å². The van der Waals surface area contributed by atoms with Crippen molar-refractivity contribution in [1.29, 1.82) is 5.26 Å². The highest BCUT2D eigenvalue weighted by Crippen LogP contribution is 2.46. The van der Waals surface area contributed by atoms with Gasteiger partial charge in [-0.2, -0.15) is 5.26 Å². The second kappa shape index (κ2) is 10.4. The Morgan fingerprint density at radius 3 is 2.37 bits per heavy atom. The highest BCUT2D eigenvalue weighted by molar-refractivity contribution is 6.07. The Kier molecular flexibility index (Phi) is 6.84. The molecule has 0 saturated carbocycles. The highest BCUT2D eigenvalue weighted by atomic mass is 16.6. The average Bonchev–Trinajstić information content (AvgIpc) is 3.48. The zero-order valence-corrected chi connectivity index (χ0v) is 21.0. The van der Waals surface area contributed by atoms with Gasteiger partial charge in [-0.25, -0.2) is 4.79 Å². The summed E-state index contributed by atoms with van der Waals surface area (Å²) in [5, 5.41) is 12.9. The summed E-state index contributed by atoms with van der Waals surface area (Å²) in [6, 6.07) is 26.5. The van der Waals surface area contributed by atoms with Crippen molar-refractivity contribution in [1.82, 2.24) is 9.80 Å². The second-order valence-corrected chi connectivity index (χ2v) is 9.75. The Morgan fingerprint density at radius 1 is 1.05 bits per heavy atom. The number of amides is 3. The number of hydrogen-bond acceptors (Lipinski definition) is 5. The Morgan fingerprint density at radius 2 is 1.68 bits per heavy atom. The number of rotatable bonds is 6. The van der Waals surface area contributed by atoms with Gasteiger partial charge >= 0.3 is 6.09 Å². The maximum Gasteiger partial charge on any atom is 0.410 e. The van der Waals surface area contributed by atoms with Crippen LogP contribution in [0.1, 0.15) is 23.1 Å². The fourth-order valence-corrected chi connectivity index (χ4v) is 5.35. The van der Waals surface area contributed by atoms with Crippen LogP contribution in [0.3, 0.4) is 0 Å². The summed E-state index contributed by atoms with van der Waals surface area (Å²) >= 11 is 0. The maximum atomic E-state index is 14.1. The molecule has 0 radical (unpaired) electrons. The summed E-state index contributed by atoms with van der Waals surface area (Å²) in [5.74, 6) is -0.613. The molecule has 3 aromatic carbocycles. The van der Waals surface area contributed by atoms with Gasteiger partial charge in [0.05, 0.1) is 11.5 Å². The monoisotopic (exact) mass is 508 g/mol. The summed E-state index contributed by atoms with van der Waals surface area (Å²) in [4.78, 5) is 43.1. The van der Waals surface area contributed by atoms with Crippen LogP contribution in [-0.2, 0) is 32.8 Å². The zero-order chi connectivity index (χ0) is 26.7. The van der Waals surface area contributed by atoms with Crippen molar-refractivity contribution in [2.75, 3.05) is 18.9 Å². The Labute approximate surface area is 221 Å². The third-order valence-corrected chi connectivity index (χ3v) is 7.43. The number of carbonyl (C=O) groups is 3. The summed E-state index contributed by atoms with van der Waals surface area (Å²) in [5.41, 5.74) is 2.18. The molecule has 2 heterocycles. The fraction of sp³-hybridized carbons (Fsp3) is 0.267. The van der Waals surface area contributed by atoms with Crippen LogP contribution in [0.25, 0.3) is 0 Å².